The van der Waals surface area contributed by atoms with Crippen LogP contribution < -0.4 is 16.0 Å². The Labute approximate surface area is 160 Å². The zero-order valence-electron chi connectivity index (χ0n) is 15.5. The summed E-state index contributed by atoms with van der Waals surface area (Å²) in [5, 5.41) is 7.92. The van der Waals surface area contributed by atoms with Gasteiger partial charge in [0.2, 0.25) is 11.8 Å². The van der Waals surface area contributed by atoms with Gasteiger partial charge >= 0.3 is 0 Å². The first kappa shape index (κ1) is 18.9. The SMILES string of the molecule is CC1(NCc2ccc3c(c2)CN(C2CCC(=O)NC2=O)C3=O)CNCC1(F)F. The van der Waals surface area contributed by atoms with Gasteiger partial charge in [0, 0.05) is 31.6 Å². The predicted octanol–water partition coefficient (Wildman–Crippen LogP) is 0.534. The van der Waals surface area contributed by atoms with Crippen LogP contribution in [0.4, 0.5) is 8.78 Å². The summed E-state index contributed by atoms with van der Waals surface area (Å²) in [6.45, 7) is 1.83. The van der Waals surface area contributed by atoms with Crippen LogP contribution in [0.5, 0.6) is 0 Å². The summed E-state index contributed by atoms with van der Waals surface area (Å²) in [6, 6.07) is 4.56. The highest BCUT2D eigenvalue weighted by atomic mass is 19.3. The highest BCUT2D eigenvalue weighted by Crippen LogP contribution is 2.33. The Morgan fingerprint density at radius 2 is 2.04 bits per heavy atom. The molecule has 7 nitrogen and oxygen atoms in total. The van der Waals surface area contributed by atoms with Gasteiger partial charge in [-0.25, -0.2) is 8.78 Å². The Bertz CT molecular complexity index is 860. The summed E-state index contributed by atoms with van der Waals surface area (Å²) in [4.78, 5) is 37.6. The van der Waals surface area contributed by atoms with Crippen molar-refractivity contribution < 1.29 is 23.2 Å². The summed E-state index contributed by atoms with van der Waals surface area (Å²) < 4.78 is 28.1. The van der Waals surface area contributed by atoms with Crippen LogP contribution >= 0.6 is 0 Å². The number of alkyl halides is 2. The van der Waals surface area contributed by atoms with Gasteiger partial charge in [0.05, 0.1) is 12.1 Å². The minimum atomic E-state index is -2.84. The third-order valence-electron chi connectivity index (χ3n) is 5.90. The van der Waals surface area contributed by atoms with Gasteiger partial charge in [-0.3, -0.25) is 19.7 Å². The first-order chi connectivity index (χ1) is 13.2. The molecule has 2 fully saturated rings. The second-order valence-electron chi connectivity index (χ2n) is 7.89. The minimum Gasteiger partial charge on any atom is -0.322 e. The van der Waals surface area contributed by atoms with Gasteiger partial charge in [0.15, 0.2) is 0 Å². The molecule has 3 aliphatic heterocycles. The van der Waals surface area contributed by atoms with Crippen LogP contribution in [0.1, 0.15) is 41.3 Å². The molecule has 0 aromatic heterocycles. The Morgan fingerprint density at radius 3 is 2.71 bits per heavy atom. The number of rotatable bonds is 4. The lowest BCUT2D eigenvalue weighted by atomic mass is 9.96. The molecule has 2 atom stereocenters. The molecule has 9 heteroatoms. The van der Waals surface area contributed by atoms with E-state index < -0.39 is 23.4 Å². The summed E-state index contributed by atoms with van der Waals surface area (Å²) in [7, 11) is 0. The first-order valence-corrected chi connectivity index (χ1v) is 9.30. The molecule has 0 radical (unpaired) electrons. The summed E-state index contributed by atoms with van der Waals surface area (Å²) >= 11 is 0. The van der Waals surface area contributed by atoms with Crippen molar-refractivity contribution in [1.82, 2.24) is 20.9 Å². The lowest BCUT2D eigenvalue weighted by Crippen LogP contribution is -2.55. The molecule has 3 amide bonds. The number of amides is 3. The number of fused-ring (bicyclic) bond motifs is 1. The van der Waals surface area contributed by atoms with Gasteiger partial charge < -0.3 is 15.5 Å². The van der Waals surface area contributed by atoms with Crippen molar-refractivity contribution in [2.24, 2.45) is 0 Å². The summed E-state index contributed by atoms with van der Waals surface area (Å²) in [5.74, 6) is -3.88. The Kier molecular flexibility index (Phi) is 4.46. The van der Waals surface area contributed by atoms with Crippen LogP contribution in [-0.2, 0) is 22.7 Å². The second-order valence-corrected chi connectivity index (χ2v) is 7.89. The molecule has 0 spiro atoms. The van der Waals surface area contributed by atoms with E-state index in [9.17, 15) is 23.2 Å². The average Bonchev–Trinajstić information content (AvgIpc) is 3.09. The van der Waals surface area contributed by atoms with E-state index in [1.807, 2.05) is 6.07 Å². The van der Waals surface area contributed by atoms with Crippen LogP contribution in [0.15, 0.2) is 18.2 Å². The van der Waals surface area contributed by atoms with Crippen molar-refractivity contribution in [1.29, 1.82) is 0 Å². The largest absolute Gasteiger partial charge is 0.322 e. The zero-order chi connectivity index (χ0) is 20.1. The normalized spacial score (nSPS) is 29.2. The maximum atomic E-state index is 14.0. The highest BCUT2D eigenvalue weighted by Gasteiger charge is 2.53. The quantitative estimate of drug-likeness (QED) is 0.651. The van der Waals surface area contributed by atoms with Gasteiger partial charge in [-0.1, -0.05) is 12.1 Å². The fourth-order valence-electron chi connectivity index (χ4n) is 4.02. The fourth-order valence-corrected chi connectivity index (χ4v) is 4.02. The number of hydrogen-bond acceptors (Lipinski definition) is 5. The number of hydrogen-bond donors (Lipinski definition) is 3. The number of imide groups is 1. The molecule has 0 saturated carbocycles. The number of halogens is 2. The fraction of sp³-hybridized carbons (Fsp3) is 0.526. The number of nitrogens with one attached hydrogen (secondary N) is 3. The molecule has 2 unspecified atom stereocenters. The lowest BCUT2D eigenvalue weighted by molar-refractivity contribution is -0.136. The Balaban J connectivity index is 1.47. The third-order valence-corrected chi connectivity index (χ3v) is 5.90. The molecular formula is C19H22F2N4O3. The maximum absolute atomic E-state index is 14.0. The van der Waals surface area contributed by atoms with E-state index in [1.54, 1.807) is 12.1 Å². The molecule has 0 aliphatic carbocycles. The molecule has 150 valence electrons. The molecule has 3 heterocycles. The number of piperidine rings is 1. The number of benzene rings is 1. The molecule has 0 bridgehead atoms. The first-order valence-electron chi connectivity index (χ1n) is 9.30. The van der Waals surface area contributed by atoms with E-state index in [2.05, 4.69) is 16.0 Å². The molecule has 4 rings (SSSR count). The van der Waals surface area contributed by atoms with E-state index in [-0.39, 0.29) is 44.4 Å². The number of nitrogens with zero attached hydrogens (tertiary/aromatic N) is 1. The minimum absolute atomic E-state index is 0.173. The van der Waals surface area contributed by atoms with Crippen LogP contribution in [0, 0.1) is 0 Å². The van der Waals surface area contributed by atoms with Gasteiger partial charge in [-0.05, 0) is 30.5 Å². The van der Waals surface area contributed by atoms with Gasteiger partial charge in [-0.15, -0.1) is 0 Å². The molecule has 2 saturated heterocycles. The van der Waals surface area contributed by atoms with Gasteiger partial charge in [0.1, 0.15) is 6.04 Å². The van der Waals surface area contributed by atoms with Crippen molar-refractivity contribution in [2.45, 2.75) is 50.4 Å². The van der Waals surface area contributed by atoms with Crippen molar-refractivity contribution in [2.75, 3.05) is 13.1 Å². The topological polar surface area (TPSA) is 90.5 Å². The van der Waals surface area contributed by atoms with Crippen LogP contribution in [0.25, 0.3) is 0 Å². The van der Waals surface area contributed by atoms with E-state index >= 15 is 0 Å². The lowest BCUT2D eigenvalue weighted by Gasteiger charge is -2.31. The monoisotopic (exact) mass is 392 g/mol. The standard InChI is InChI=1S/C19H22F2N4O3/c1-18(9-22-10-19(18,20)21)23-7-11-2-3-13-12(6-11)8-25(17(13)28)14-4-5-15(26)24-16(14)27/h2-3,6,14,22-23H,4-5,7-10H2,1H3,(H,24,26,27). The highest BCUT2D eigenvalue weighted by molar-refractivity contribution is 6.05. The smallest absolute Gasteiger partial charge is 0.279 e. The van der Waals surface area contributed by atoms with Crippen molar-refractivity contribution in [3.05, 3.63) is 34.9 Å². The van der Waals surface area contributed by atoms with Gasteiger partial charge in [0.25, 0.3) is 11.8 Å². The van der Waals surface area contributed by atoms with E-state index in [0.29, 0.717) is 12.0 Å². The molecule has 1 aromatic carbocycles. The van der Waals surface area contributed by atoms with Crippen LogP contribution in [-0.4, -0.2) is 53.2 Å². The number of carbonyl (C=O) groups is 3. The maximum Gasteiger partial charge on any atom is 0.279 e. The Hall–Kier alpha value is -2.39. The molecule has 1 aromatic rings. The summed E-state index contributed by atoms with van der Waals surface area (Å²) in [5.41, 5.74) is 0.726. The van der Waals surface area contributed by atoms with Crippen molar-refractivity contribution >= 4 is 17.7 Å². The zero-order valence-corrected chi connectivity index (χ0v) is 15.5. The van der Waals surface area contributed by atoms with Crippen molar-refractivity contribution in [3.8, 4) is 0 Å². The van der Waals surface area contributed by atoms with E-state index in [0.717, 1.165) is 11.1 Å². The predicted molar refractivity (Wildman–Crippen MR) is 95.5 cm³/mol. The second kappa shape index (κ2) is 6.59. The molecule has 3 aliphatic rings. The van der Waals surface area contributed by atoms with E-state index in [4.69, 9.17) is 0 Å². The Morgan fingerprint density at radius 1 is 1.25 bits per heavy atom. The van der Waals surface area contributed by atoms with Crippen LogP contribution in [0.2, 0.25) is 0 Å². The molecular weight excluding hydrogens is 370 g/mol. The van der Waals surface area contributed by atoms with Gasteiger partial charge in [-0.2, -0.15) is 0 Å². The average molecular weight is 392 g/mol. The van der Waals surface area contributed by atoms with E-state index in [1.165, 1.54) is 11.8 Å². The summed E-state index contributed by atoms with van der Waals surface area (Å²) in [6.07, 6.45) is 0.506. The molecule has 3 N–H and O–H groups in total. The van der Waals surface area contributed by atoms with Crippen molar-refractivity contribution in [3.63, 3.8) is 0 Å². The van der Waals surface area contributed by atoms with Crippen LogP contribution in [0.3, 0.4) is 0 Å². The number of carbonyl (C=O) groups excluding carboxylic acids is 3. The molecule has 28 heavy (non-hydrogen) atoms. The third kappa shape index (κ3) is 3.08.